The zero-order valence-electron chi connectivity index (χ0n) is 14.5. The van der Waals surface area contributed by atoms with E-state index in [-0.39, 0.29) is 0 Å². The topological polar surface area (TPSA) is 4.93 Å². The summed E-state index contributed by atoms with van der Waals surface area (Å²) in [7, 11) is 2.19. The molecule has 5 aromatic carbocycles. The minimum atomic E-state index is 1.29. The standard InChI is InChI=1S/C25H17N/c1-26-23-13-7-6-12-20(23)24-19-11-5-4-10-18(19)21-14-16-8-2-3-9-17(16)15-22(21)25(24)26/h2-15H,1H3. The lowest BCUT2D eigenvalue weighted by atomic mass is 9.94. The van der Waals surface area contributed by atoms with Crippen LogP contribution in [-0.4, -0.2) is 4.57 Å². The lowest BCUT2D eigenvalue weighted by Crippen LogP contribution is -1.89. The van der Waals surface area contributed by atoms with E-state index < -0.39 is 0 Å². The fourth-order valence-corrected chi connectivity index (χ4v) is 4.58. The Kier molecular flexibility index (Phi) is 2.60. The highest BCUT2D eigenvalue weighted by Crippen LogP contribution is 2.41. The van der Waals surface area contributed by atoms with Crippen molar-refractivity contribution in [1.29, 1.82) is 0 Å². The molecule has 0 fully saturated rings. The van der Waals surface area contributed by atoms with E-state index in [2.05, 4.69) is 96.5 Å². The molecule has 0 radical (unpaired) electrons. The van der Waals surface area contributed by atoms with Gasteiger partial charge >= 0.3 is 0 Å². The molecule has 122 valence electrons. The Labute approximate surface area is 151 Å². The van der Waals surface area contributed by atoms with Gasteiger partial charge in [0.05, 0.1) is 5.52 Å². The van der Waals surface area contributed by atoms with Gasteiger partial charge in [0.25, 0.3) is 0 Å². The number of fused-ring (bicyclic) bond motifs is 9. The summed E-state index contributed by atoms with van der Waals surface area (Å²) in [6, 6.07) is 30.9. The molecule has 1 heterocycles. The molecule has 1 nitrogen and oxygen atoms in total. The van der Waals surface area contributed by atoms with Crippen LogP contribution in [0.5, 0.6) is 0 Å². The summed E-state index contributed by atoms with van der Waals surface area (Å²) in [4.78, 5) is 0. The van der Waals surface area contributed by atoms with Crippen LogP contribution in [0.3, 0.4) is 0 Å². The summed E-state index contributed by atoms with van der Waals surface area (Å²) in [6.07, 6.45) is 0. The molecule has 0 N–H and O–H groups in total. The second-order valence-electron chi connectivity index (χ2n) is 7.09. The monoisotopic (exact) mass is 331 g/mol. The van der Waals surface area contributed by atoms with Gasteiger partial charge in [0.15, 0.2) is 0 Å². The Hall–Kier alpha value is -3.32. The third kappa shape index (κ3) is 1.65. The van der Waals surface area contributed by atoms with E-state index in [9.17, 15) is 0 Å². The van der Waals surface area contributed by atoms with Gasteiger partial charge < -0.3 is 4.57 Å². The normalized spacial score (nSPS) is 12.0. The molecule has 0 amide bonds. The number of rotatable bonds is 0. The van der Waals surface area contributed by atoms with Crippen LogP contribution in [0, 0.1) is 0 Å². The third-order valence-corrected chi connectivity index (χ3v) is 5.73. The van der Waals surface area contributed by atoms with Crippen molar-refractivity contribution in [2.75, 3.05) is 0 Å². The first-order valence-corrected chi connectivity index (χ1v) is 9.03. The number of aryl methyl sites for hydroxylation is 1. The highest BCUT2D eigenvalue weighted by molar-refractivity contribution is 6.32. The van der Waals surface area contributed by atoms with Crippen LogP contribution >= 0.6 is 0 Å². The summed E-state index contributed by atoms with van der Waals surface area (Å²) in [6.45, 7) is 0. The molecule has 0 saturated heterocycles. The number of hydrogen-bond acceptors (Lipinski definition) is 0. The van der Waals surface area contributed by atoms with Crippen molar-refractivity contribution >= 4 is 54.1 Å². The Bertz CT molecular complexity index is 1480. The Morgan fingerprint density at radius 1 is 0.538 bits per heavy atom. The van der Waals surface area contributed by atoms with E-state index in [0.717, 1.165) is 0 Å². The number of benzene rings is 5. The van der Waals surface area contributed by atoms with Crippen LogP contribution in [0.25, 0.3) is 54.1 Å². The van der Waals surface area contributed by atoms with Gasteiger partial charge in [-0.05, 0) is 45.1 Å². The second-order valence-corrected chi connectivity index (χ2v) is 7.09. The van der Waals surface area contributed by atoms with Gasteiger partial charge in [-0.3, -0.25) is 0 Å². The highest BCUT2D eigenvalue weighted by atomic mass is 14.9. The molecule has 0 spiro atoms. The van der Waals surface area contributed by atoms with Crippen molar-refractivity contribution in [2.45, 2.75) is 0 Å². The van der Waals surface area contributed by atoms with Gasteiger partial charge in [0, 0.05) is 28.7 Å². The van der Waals surface area contributed by atoms with Crippen LogP contribution in [0.2, 0.25) is 0 Å². The third-order valence-electron chi connectivity index (χ3n) is 5.73. The maximum Gasteiger partial charge on any atom is 0.0575 e. The van der Waals surface area contributed by atoms with E-state index in [4.69, 9.17) is 0 Å². The van der Waals surface area contributed by atoms with Crippen molar-refractivity contribution < 1.29 is 0 Å². The Morgan fingerprint density at radius 2 is 1.12 bits per heavy atom. The van der Waals surface area contributed by atoms with E-state index >= 15 is 0 Å². The molecule has 1 heteroatoms. The molecule has 1 aromatic heterocycles. The lowest BCUT2D eigenvalue weighted by molar-refractivity contribution is 1.02. The van der Waals surface area contributed by atoms with Crippen LogP contribution in [0.1, 0.15) is 0 Å². The molecule has 0 aliphatic rings. The quantitative estimate of drug-likeness (QED) is 0.213. The molecule has 0 atom stereocenters. The van der Waals surface area contributed by atoms with Gasteiger partial charge in [0.2, 0.25) is 0 Å². The lowest BCUT2D eigenvalue weighted by Gasteiger charge is -2.11. The van der Waals surface area contributed by atoms with Crippen molar-refractivity contribution in [3.05, 3.63) is 84.9 Å². The first-order valence-electron chi connectivity index (χ1n) is 9.03. The molecule has 0 bridgehead atoms. The zero-order chi connectivity index (χ0) is 17.3. The minimum absolute atomic E-state index is 1.29. The average Bonchev–Trinajstić information content (AvgIpc) is 3.00. The summed E-state index contributed by atoms with van der Waals surface area (Å²) in [5, 5.41) is 10.6. The van der Waals surface area contributed by atoms with E-state index in [1.165, 1.54) is 54.1 Å². The first kappa shape index (κ1) is 13.9. The van der Waals surface area contributed by atoms with Gasteiger partial charge in [-0.15, -0.1) is 0 Å². The molecule has 6 rings (SSSR count). The maximum absolute atomic E-state index is 2.36. The number of aromatic nitrogens is 1. The summed E-state index contributed by atoms with van der Waals surface area (Å²) in [5.74, 6) is 0. The number of nitrogens with zero attached hydrogens (tertiary/aromatic N) is 1. The van der Waals surface area contributed by atoms with Crippen LogP contribution in [0.15, 0.2) is 84.9 Å². The molecule has 6 aromatic rings. The van der Waals surface area contributed by atoms with E-state index in [1.54, 1.807) is 0 Å². The molecule has 0 unspecified atom stereocenters. The summed E-state index contributed by atoms with van der Waals surface area (Å²) >= 11 is 0. The Morgan fingerprint density at radius 3 is 1.88 bits per heavy atom. The highest BCUT2D eigenvalue weighted by Gasteiger charge is 2.16. The molecule has 0 aliphatic heterocycles. The summed E-state index contributed by atoms with van der Waals surface area (Å²) < 4.78 is 2.36. The zero-order valence-corrected chi connectivity index (χ0v) is 14.5. The largest absolute Gasteiger partial charge is 0.343 e. The van der Waals surface area contributed by atoms with E-state index in [1.807, 2.05) is 0 Å². The fourth-order valence-electron chi connectivity index (χ4n) is 4.58. The van der Waals surface area contributed by atoms with Crippen LogP contribution in [-0.2, 0) is 7.05 Å². The van der Waals surface area contributed by atoms with Gasteiger partial charge in [0.1, 0.15) is 0 Å². The molecule has 0 aliphatic carbocycles. The van der Waals surface area contributed by atoms with Crippen molar-refractivity contribution in [3.8, 4) is 0 Å². The van der Waals surface area contributed by atoms with Crippen molar-refractivity contribution in [1.82, 2.24) is 4.57 Å². The minimum Gasteiger partial charge on any atom is -0.343 e. The van der Waals surface area contributed by atoms with Gasteiger partial charge in [-0.1, -0.05) is 66.7 Å². The van der Waals surface area contributed by atoms with Gasteiger partial charge in [-0.25, -0.2) is 0 Å². The second kappa shape index (κ2) is 4.86. The predicted octanol–water partition coefficient (Wildman–Crippen LogP) is 6.79. The maximum atomic E-state index is 2.36. The first-order chi connectivity index (χ1) is 12.8. The molecular weight excluding hydrogens is 314 g/mol. The van der Waals surface area contributed by atoms with Gasteiger partial charge in [-0.2, -0.15) is 0 Å². The smallest absolute Gasteiger partial charge is 0.0575 e. The fraction of sp³-hybridized carbons (Fsp3) is 0.0400. The van der Waals surface area contributed by atoms with Crippen molar-refractivity contribution in [2.24, 2.45) is 7.05 Å². The average molecular weight is 331 g/mol. The predicted molar refractivity (Wildman–Crippen MR) is 113 cm³/mol. The van der Waals surface area contributed by atoms with Crippen molar-refractivity contribution in [3.63, 3.8) is 0 Å². The Balaban J connectivity index is 2.05. The SMILES string of the molecule is Cn1c2ccccc2c2c3ccccc3c3cc4ccccc4cc3c21. The molecular formula is C25H17N. The number of para-hydroxylation sites is 1. The van der Waals surface area contributed by atoms with Crippen LogP contribution < -0.4 is 0 Å². The van der Waals surface area contributed by atoms with Crippen LogP contribution in [0.4, 0.5) is 0 Å². The molecule has 0 saturated carbocycles. The number of hydrogen-bond donors (Lipinski definition) is 0. The molecule has 26 heavy (non-hydrogen) atoms. The summed E-state index contributed by atoms with van der Waals surface area (Å²) in [5.41, 5.74) is 2.61. The van der Waals surface area contributed by atoms with E-state index in [0.29, 0.717) is 0 Å².